The lowest BCUT2D eigenvalue weighted by Gasteiger charge is -2.05. The first-order valence-electron chi connectivity index (χ1n) is 6.46. The molecule has 0 spiro atoms. The van der Waals surface area contributed by atoms with E-state index in [1.54, 1.807) is 24.3 Å². The SMILES string of the molecule is O=C(NCc1sccc1C#CCCO)Oc1ccccc1. The minimum atomic E-state index is -0.496. The van der Waals surface area contributed by atoms with Gasteiger partial charge in [-0.05, 0) is 23.6 Å². The van der Waals surface area contributed by atoms with Crippen molar-refractivity contribution in [3.05, 3.63) is 52.2 Å². The Kier molecular flexibility index (Phi) is 5.83. The average Bonchev–Trinajstić information content (AvgIpc) is 2.94. The zero-order valence-electron chi connectivity index (χ0n) is 11.3. The largest absolute Gasteiger partial charge is 0.412 e. The first-order chi connectivity index (χ1) is 10.3. The minimum Gasteiger partial charge on any atom is -0.410 e. The molecule has 0 radical (unpaired) electrons. The van der Waals surface area contributed by atoms with Gasteiger partial charge in [-0.1, -0.05) is 30.0 Å². The molecule has 21 heavy (non-hydrogen) atoms. The van der Waals surface area contributed by atoms with Crippen LogP contribution in [0.5, 0.6) is 5.75 Å². The molecule has 2 rings (SSSR count). The molecule has 0 aliphatic heterocycles. The summed E-state index contributed by atoms with van der Waals surface area (Å²) in [5.74, 6) is 6.35. The lowest BCUT2D eigenvalue weighted by atomic mass is 10.2. The maximum Gasteiger partial charge on any atom is 0.412 e. The van der Waals surface area contributed by atoms with Crippen molar-refractivity contribution >= 4 is 17.4 Å². The van der Waals surface area contributed by atoms with Crippen LogP contribution in [0.1, 0.15) is 16.9 Å². The van der Waals surface area contributed by atoms with E-state index in [2.05, 4.69) is 17.2 Å². The number of aliphatic hydroxyl groups is 1. The van der Waals surface area contributed by atoms with Crippen molar-refractivity contribution in [3.63, 3.8) is 0 Å². The van der Waals surface area contributed by atoms with E-state index < -0.39 is 6.09 Å². The van der Waals surface area contributed by atoms with E-state index in [1.807, 2.05) is 17.5 Å². The van der Waals surface area contributed by atoms with Crippen molar-refractivity contribution in [1.82, 2.24) is 5.32 Å². The molecule has 1 amide bonds. The van der Waals surface area contributed by atoms with Crippen molar-refractivity contribution in [1.29, 1.82) is 0 Å². The number of ether oxygens (including phenoxy) is 1. The molecular formula is C16H15NO3S. The van der Waals surface area contributed by atoms with Crippen LogP contribution in [0.4, 0.5) is 4.79 Å². The number of benzene rings is 1. The van der Waals surface area contributed by atoms with E-state index >= 15 is 0 Å². The molecule has 2 N–H and O–H groups in total. The molecule has 0 aliphatic rings. The Morgan fingerprint density at radius 1 is 1.29 bits per heavy atom. The van der Waals surface area contributed by atoms with Gasteiger partial charge in [0.05, 0.1) is 13.2 Å². The molecule has 0 aliphatic carbocycles. The first kappa shape index (κ1) is 15.1. The molecule has 0 fully saturated rings. The second-order valence-corrected chi connectivity index (χ2v) is 5.09. The highest BCUT2D eigenvalue weighted by Crippen LogP contribution is 2.15. The number of aliphatic hydroxyl groups excluding tert-OH is 1. The number of carbonyl (C=O) groups excluding carboxylic acids is 1. The normalized spacial score (nSPS) is 9.57. The summed E-state index contributed by atoms with van der Waals surface area (Å²) in [6.07, 6.45) is -0.0532. The van der Waals surface area contributed by atoms with Crippen molar-refractivity contribution in [2.75, 3.05) is 6.61 Å². The van der Waals surface area contributed by atoms with Crippen molar-refractivity contribution in [2.24, 2.45) is 0 Å². The second kappa shape index (κ2) is 8.10. The maximum absolute atomic E-state index is 11.7. The molecule has 1 aromatic heterocycles. The predicted octanol–water partition coefficient (Wildman–Crippen LogP) is 2.77. The van der Waals surface area contributed by atoms with Gasteiger partial charge in [-0.2, -0.15) is 0 Å². The fraction of sp³-hybridized carbons (Fsp3) is 0.188. The molecule has 0 bridgehead atoms. The Balaban J connectivity index is 1.87. The smallest absolute Gasteiger partial charge is 0.410 e. The fourth-order valence-electron chi connectivity index (χ4n) is 1.59. The van der Waals surface area contributed by atoms with Crippen LogP contribution < -0.4 is 10.1 Å². The Labute approximate surface area is 127 Å². The van der Waals surface area contributed by atoms with Gasteiger partial charge in [-0.15, -0.1) is 11.3 Å². The Morgan fingerprint density at radius 2 is 2.10 bits per heavy atom. The number of para-hydroxylation sites is 1. The predicted molar refractivity (Wildman–Crippen MR) is 82.2 cm³/mol. The maximum atomic E-state index is 11.7. The minimum absolute atomic E-state index is 0.0497. The highest BCUT2D eigenvalue weighted by atomic mass is 32.1. The summed E-state index contributed by atoms with van der Waals surface area (Å²) in [4.78, 5) is 12.6. The van der Waals surface area contributed by atoms with Crippen LogP contribution in [-0.2, 0) is 6.54 Å². The summed E-state index contributed by atoms with van der Waals surface area (Å²) in [5.41, 5.74) is 0.869. The lowest BCUT2D eigenvalue weighted by molar-refractivity contribution is 0.200. The Hall–Kier alpha value is -2.29. The quantitative estimate of drug-likeness (QED) is 0.854. The number of amides is 1. The number of rotatable bonds is 4. The molecule has 0 saturated heterocycles. The molecule has 0 atom stereocenters. The number of hydrogen-bond acceptors (Lipinski definition) is 4. The second-order valence-electron chi connectivity index (χ2n) is 4.09. The molecule has 5 heteroatoms. The highest BCUT2D eigenvalue weighted by molar-refractivity contribution is 7.10. The van der Waals surface area contributed by atoms with Crippen molar-refractivity contribution in [3.8, 4) is 17.6 Å². The third kappa shape index (κ3) is 4.95. The summed E-state index contributed by atoms with van der Waals surface area (Å²) in [6.45, 7) is 0.417. The summed E-state index contributed by atoms with van der Waals surface area (Å²) < 4.78 is 5.14. The number of hydrogen-bond donors (Lipinski definition) is 2. The zero-order chi connectivity index (χ0) is 14.9. The van der Waals surface area contributed by atoms with Crippen LogP contribution in [0.3, 0.4) is 0 Å². The zero-order valence-corrected chi connectivity index (χ0v) is 12.2. The van der Waals surface area contributed by atoms with Gasteiger partial charge < -0.3 is 15.2 Å². The average molecular weight is 301 g/mol. The molecule has 0 unspecified atom stereocenters. The third-order valence-corrected chi connectivity index (χ3v) is 3.47. The third-order valence-electron chi connectivity index (χ3n) is 2.55. The molecule has 1 heterocycles. The van der Waals surface area contributed by atoms with Gasteiger partial charge in [0.2, 0.25) is 0 Å². The standard InChI is InChI=1S/C16H15NO3S/c18-10-5-4-6-13-9-11-21-15(13)12-17-16(19)20-14-7-2-1-3-8-14/h1-3,7-9,11,18H,5,10,12H2,(H,17,19). The summed E-state index contributed by atoms with van der Waals surface area (Å²) in [7, 11) is 0. The molecule has 4 nitrogen and oxygen atoms in total. The van der Waals surface area contributed by atoms with Gasteiger partial charge in [-0.25, -0.2) is 4.79 Å². The first-order valence-corrected chi connectivity index (χ1v) is 7.34. The molecule has 1 aromatic carbocycles. The fourth-order valence-corrected chi connectivity index (χ4v) is 2.36. The molecular weight excluding hydrogens is 286 g/mol. The van der Waals surface area contributed by atoms with Gasteiger partial charge in [0.1, 0.15) is 5.75 Å². The Morgan fingerprint density at radius 3 is 2.86 bits per heavy atom. The van der Waals surface area contributed by atoms with Gasteiger partial charge >= 0.3 is 6.09 Å². The summed E-state index contributed by atoms with van der Waals surface area (Å²) in [5, 5.41) is 13.3. The van der Waals surface area contributed by atoms with Gasteiger partial charge in [0.25, 0.3) is 0 Å². The molecule has 2 aromatic rings. The number of carbonyl (C=O) groups is 1. The van der Waals surface area contributed by atoms with Crippen LogP contribution >= 0.6 is 11.3 Å². The summed E-state index contributed by atoms with van der Waals surface area (Å²) in [6, 6.07) is 10.8. The van der Waals surface area contributed by atoms with E-state index in [9.17, 15) is 4.79 Å². The molecule has 108 valence electrons. The van der Waals surface area contributed by atoms with Crippen molar-refractivity contribution in [2.45, 2.75) is 13.0 Å². The highest BCUT2D eigenvalue weighted by Gasteiger charge is 2.06. The van der Waals surface area contributed by atoms with E-state index in [0.29, 0.717) is 18.7 Å². The van der Waals surface area contributed by atoms with Gasteiger partial charge in [0.15, 0.2) is 0 Å². The van der Waals surface area contributed by atoms with E-state index in [0.717, 1.165) is 10.4 Å². The van der Waals surface area contributed by atoms with Crippen LogP contribution in [0.25, 0.3) is 0 Å². The Bertz CT molecular complexity index is 640. The monoisotopic (exact) mass is 301 g/mol. The van der Waals surface area contributed by atoms with Crippen LogP contribution in [0.15, 0.2) is 41.8 Å². The van der Waals surface area contributed by atoms with E-state index in [1.165, 1.54) is 11.3 Å². The van der Waals surface area contributed by atoms with E-state index in [4.69, 9.17) is 9.84 Å². The topological polar surface area (TPSA) is 58.6 Å². The summed E-state index contributed by atoms with van der Waals surface area (Å²) >= 11 is 1.52. The van der Waals surface area contributed by atoms with Gasteiger partial charge in [-0.3, -0.25) is 0 Å². The number of thiophene rings is 1. The van der Waals surface area contributed by atoms with Crippen LogP contribution in [-0.4, -0.2) is 17.8 Å². The number of nitrogens with one attached hydrogen (secondary N) is 1. The van der Waals surface area contributed by atoms with Gasteiger partial charge in [0, 0.05) is 16.9 Å². The lowest BCUT2D eigenvalue weighted by Crippen LogP contribution is -2.26. The van der Waals surface area contributed by atoms with Crippen LogP contribution in [0.2, 0.25) is 0 Å². The molecule has 0 saturated carbocycles. The van der Waals surface area contributed by atoms with Crippen LogP contribution in [0, 0.1) is 11.8 Å². The van der Waals surface area contributed by atoms with Crippen molar-refractivity contribution < 1.29 is 14.6 Å². The van der Waals surface area contributed by atoms with E-state index in [-0.39, 0.29) is 6.61 Å².